The van der Waals surface area contributed by atoms with Crippen molar-refractivity contribution in [1.82, 2.24) is 34.4 Å². The lowest BCUT2D eigenvalue weighted by Crippen LogP contribution is -2.47. The number of hydrogen-bond donors (Lipinski definition) is 3. The number of carbonyl (C=O) groups excluding carboxylic acids is 1. The van der Waals surface area contributed by atoms with Crippen LogP contribution < -0.4 is 16.4 Å². The van der Waals surface area contributed by atoms with E-state index in [1.54, 1.807) is 18.4 Å². The van der Waals surface area contributed by atoms with Crippen LogP contribution in [0.4, 0.5) is 17.6 Å². The van der Waals surface area contributed by atoms with E-state index in [1.807, 2.05) is 24.3 Å². The van der Waals surface area contributed by atoms with Gasteiger partial charge in [0.2, 0.25) is 23.6 Å². The molecule has 12 heteroatoms. The van der Waals surface area contributed by atoms with Crippen molar-refractivity contribution in [3.05, 3.63) is 48.2 Å². The Morgan fingerprint density at radius 3 is 2.63 bits per heavy atom. The Balaban J connectivity index is 1.12. The monoisotopic (exact) mass is 476 g/mol. The van der Waals surface area contributed by atoms with E-state index in [2.05, 4.69) is 47.5 Å². The summed E-state index contributed by atoms with van der Waals surface area (Å²) in [5, 5.41) is 10.4. The molecule has 0 saturated carbocycles. The average Bonchev–Trinajstić information content (AvgIpc) is 3.52. The molecule has 5 rings (SSSR count). The van der Waals surface area contributed by atoms with Gasteiger partial charge in [0.25, 0.3) is 5.78 Å². The Hall–Kier alpha value is -4.03. The summed E-state index contributed by atoms with van der Waals surface area (Å²) in [6, 6.07) is 11.4. The third-order valence-electron chi connectivity index (χ3n) is 5.87. The molecule has 4 heterocycles. The highest BCUT2D eigenvalue weighted by atomic mass is 16.3. The van der Waals surface area contributed by atoms with Gasteiger partial charge in [0.05, 0.1) is 12.8 Å². The number of nitrogen functional groups attached to an aromatic ring is 1. The zero-order valence-electron chi connectivity index (χ0n) is 19.5. The number of benzene rings is 1. The maximum atomic E-state index is 12.3. The number of nitrogens with two attached hydrogens (primary N) is 1. The average molecular weight is 477 g/mol. The van der Waals surface area contributed by atoms with Crippen LogP contribution in [-0.2, 0) is 11.2 Å². The van der Waals surface area contributed by atoms with Gasteiger partial charge in [-0.15, -0.1) is 5.10 Å². The number of rotatable bonds is 8. The van der Waals surface area contributed by atoms with E-state index in [-0.39, 0.29) is 11.9 Å². The van der Waals surface area contributed by atoms with Crippen molar-refractivity contribution in [2.45, 2.75) is 6.42 Å². The van der Waals surface area contributed by atoms with Crippen molar-refractivity contribution in [3.8, 4) is 11.6 Å². The van der Waals surface area contributed by atoms with Crippen LogP contribution in [0, 0.1) is 0 Å². The molecule has 0 atom stereocenters. The Kier molecular flexibility index (Phi) is 6.55. The highest BCUT2D eigenvalue weighted by molar-refractivity contribution is 5.92. The highest BCUT2D eigenvalue weighted by Gasteiger charge is 2.17. The second-order valence-corrected chi connectivity index (χ2v) is 8.53. The SMILES string of the molecule is CN1CCN(CC(=O)Nc2ccc(CCNc3nc(N)n4nc(-c5ccco5)nc4n3)cc2)CC1. The van der Waals surface area contributed by atoms with Gasteiger partial charge < -0.3 is 25.7 Å². The number of aromatic nitrogens is 5. The minimum atomic E-state index is 0.0118. The molecule has 1 aliphatic heterocycles. The summed E-state index contributed by atoms with van der Waals surface area (Å²) < 4.78 is 6.71. The molecule has 1 aromatic carbocycles. The molecule has 4 N–H and O–H groups in total. The van der Waals surface area contributed by atoms with Gasteiger partial charge in [-0.05, 0) is 43.3 Å². The number of anilines is 3. The van der Waals surface area contributed by atoms with Crippen molar-refractivity contribution < 1.29 is 9.21 Å². The van der Waals surface area contributed by atoms with Crippen LogP contribution in [0.1, 0.15) is 5.56 Å². The van der Waals surface area contributed by atoms with Crippen LogP contribution in [0.3, 0.4) is 0 Å². The molecule has 1 saturated heterocycles. The summed E-state index contributed by atoms with van der Waals surface area (Å²) in [6.45, 7) is 4.84. The fourth-order valence-corrected chi connectivity index (χ4v) is 3.88. The first-order valence-electron chi connectivity index (χ1n) is 11.5. The van der Waals surface area contributed by atoms with Gasteiger partial charge in [-0.25, -0.2) is 0 Å². The van der Waals surface area contributed by atoms with Crippen LogP contribution in [0.25, 0.3) is 17.4 Å². The van der Waals surface area contributed by atoms with Gasteiger partial charge in [0.15, 0.2) is 5.76 Å². The van der Waals surface area contributed by atoms with Crippen molar-refractivity contribution in [2.75, 3.05) is 62.7 Å². The van der Waals surface area contributed by atoms with Gasteiger partial charge in [0.1, 0.15) is 0 Å². The fourth-order valence-electron chi connectivity index (χ4n) is 3.88. The fraction of sp³-hybridized carbons (Fsp3) is 0.348. The van der Waals surface area contributed by atoms with E-state index in [9.17, 15) is 4.79 Å². The first-order valence-corrected chi connectivity index (χ1v) is 11.5. The molecule has 4 aromatic rings. The number of hydrogen-bond acceptors (Lipinski definition) is 10. The van der Waals surface area contributed by atoms with Crippen LogP contribution in [0.5, 0.6) is 0 Å². The molecule has 35 heavy (non-hydrogen) atoms. The van der Waals surface area contributed by atoms with Gasteiger partial charge in [0, 0.05) is 38.4 Å². The molecular weight excluding hydrogens is 448 g/mol. The number of fused-ring (bicyclic) bond motifs is 1. The molecule has 1 aliphatic rings. The highest BCUT2D eigenvalue weighted by Crippen LogP contribution is 2.18. The summed E-state index contributed by atoms with van der Waals surface area (Å²) in [5.41, 5.74) is 7.94. The van der Waals surface area contributed by atoms with Gasteiger partial charge in [-0.1, -0.05) is 12.1 Å². The van der Waals surface area contributed by atoms with Crippen LogP contribution in [0.2, 0.25) is 0 Å². The molecule has 182 valence electrons. The predicted molar refractivity (Wildman–Crippen MR) is 132 cm³/mol. The zero-order valence-corrected chi connectivity index (χ0v) is 19.5. The quantitative estimate of drug-likeness (QED) is 0.339. The van der Waals surface area contributed by atoms with Crippen molar-refractivity contribution in [3.63, 3.8) is 0 Å². The Morgan fingerprint density at radius 2 is 1.89 bits per heavy atom. The molecular formula is C23H28N10O2. The standard InChI is InChI=1S/C23H28N10O2/c1-31-10-12-32(13-11-31)15-19(34)26-17-6-4-16(5-7-17)8-9-25-22-28-21(24)33-23(29-22)27-20(30-33)18-3-2-14-35-18/h2-7,14H,8-13,15H2,1H3,(H,26,34)(H3,24,25,27,28,29,30). The minimum absolute atomic E-state index is 0.0118. The second-order valence-electron chi connectivity index (χ2n) is 8.53. The number of piperazine rings is 1. The topological polar surface area (TPSA) is 143 Å². The van der Waals surface area contributed by atoms with Gasteiger partial charge in [-0.2, -0.15) is 19.5 Å². The third-order valence-corrected chi connectivity index (χ3v) is 5.87. The summed E-state index contributed by atoms with van der Waals surface area (Å²) in [4.78, 5) is 29.8. The number of amides is 1. The lowest BCUT2D eigenvalue weighted by Gasteiger charge is -2.31. The molecule has 1 amide bonds. The Morgan fingerprint density at radius 1 is 1.09 bits per heavy atom. The maximum Gasteiger partial charge on any atom is 0.259 e. The Labute approximate surface area is 202 Å². The number of furan rings is 1. The maximum absolute atomic E-state index is 12.3. The normalized spacial score (nSPS) is 14.9. The molecule has 0 unspecified atom stereocenters. The lowest BCUT2D eigenvalue weighted by atomic mass is 10.1. The van der Waals surface area contributed by atoms with Crippen LogP contribution in [0.15, 0.2) is 47.1 Å². The molecule has 0 bridgehead atoms. The predicted octanol–water partition coefficient (Wildman–Crippen LogP) is 1.20. The molecule has 12 nitrogen and oxygen atoms in total. The number of nitrogens with one attached hydrogen (secondary N) is 2. The molecule has 0 spiro atoms. The first kappa shape index (κ1) is 22.7. The van der Waals surface area contributed by atoms with E-state index in [0.29, 0.717) is 36.4 Å². The summed E-state index contributed by atoms with van der Waals surface area (Å²) in [6.07, 6.45) is 2.30. The number of likely N-dealkylation sites (N-methyl/N-ethyl adjacent to an activating group) is 1. The van der Waals surface area contributed by atoms with E-state index < -0.39 is 0 Å². The molecule has 0 aliphatic carbocycles. The summed E-state index contributed by atoms with van der Waals surface area (Å²) in [5.74, 6) is 1.83. The molecule has 1 fully saturated rings. The molecule has 0 radical (unpaired) electrons. The first-order chi connectivity index (χ1) is 17.0. The van der Waals surface area contributed by atoms with E-state index in [1.165, 1.54) is 4.52 Å². The van der Waals surface area contributed by atoms with Crippen molar-refractivity contribution in [1.29, 1.82) is 0 Å². The zero-order chi connectivity index (χ0) is 24.2. The lowest BCUT2D eigenvalue weighted by molar-refractivity contribution is -0.117. The van der Waals surface area contributed by atoms with Crippen molar-refractivity contribution in [2.24, 2.45) is 0 Å². The Bertz CT molecular complexity index is 1280. The summed E-state index contributed by atoms with van der Waals surface area (Å²) >= 11 is 0. The van der Waals surface area contributed by atoms with E-state index in [4.69, 9.17) is 10.2 Å². The number of nitrogens with zero attached hydrogens (tertiary/aromatic N) is 7. The second kappa shape index (κ2) is 10.1. The largest absolute Gasteiger partial charge is 0.461 e. The van der Waals surface area contributed by atoms with Crippen molar-refractivity contribution >= 4 is 29.3 Å². The van der Waals surface area contributed by atoms with Crippen LogP contribution in [-0.4, -0.2) is 86.6 Å². The molecule has 3 aromatic heterocycles. The smallest absolute Gasteiger partial charge is 0.259 e. The number of carbonyl (C=O) groups is 1. The van der Waals surface area contributed by atoms with Gasteiger partial charge >= 0.3 is 0 Å². The van der Waals surface area contributed by atoms with E-state index >= 15 is 0 Å². The summed E-state index contributed by atoms with van der Waals surface area (Å²) in [7, 11) is 2.10. The third kappa shape index (κ3) is 5.55. The van der Waals surface area contributed by atoms with Crippen LogP contribution >= 0.6 is 0 Å². The minimum Gasteiger partial charge on any atom is -0.461 e. The van der Waals surface area contributed by atoms with Gasteiger partial charge in [-0.3, -0.25) is 9.69 Å². The van der Waals surface area contributed by atoms with E-state index in [0.717, 1.165) is 43.9 Å².